The van der Waals surface area contributed by atoms with Gasteiger partial charge in [0, 0.05) is 24.4 Å². The summed E-state index contributed by atoms with van der Waals surface area (Å²) in [5.41, 5.74) is 1.93. The van der Waals surface area contributed by atoms with Crippen LogP contribution in [0.2, 0.25) is 0 Å². The van der Waals surface area contributed by atoms with Crippen molar-refractivity contribution in [1.82, 2.24) is 4.57 Å². The number of hydrogen-bond acceptors (Lipinski definition) is 4. The van der Waals surface area contributed by atoms with E-state index in [1.165, 1.54) is 0 Å². The summed E-state index contributed by atoms with van der Waals surface area (Å²) in [5, 5.41) is 8.90. The van der Waals surface area contributed by atoms with Gasteiger partial charge in [0.05, 0.1) is 12.1 Å². The van der Waals surface area contributed by atoms with Crippen molar-refractivity contribution in [2.45, 2.75) is 38.8 Å². The monoisotopic (exact) mass is 355 g/mol. The van der Waals surface area contributed by atoms with E-state index in [0.29, 0.717) is 18.0 Å². The third kappa shape index (κ3) is 3.50. The third-order valence-electron chi connectivity index (χ3n) is 5.24. The van der Waals surface area contributed by atoms with Crippen LogP contribution in [0.3, 0.4) is 0 Å². The first-order valence-electron chi connectivity index (χ1n) is 9.04. The van der Waals surface area contributed by atoms with Gasteiger partial charge in [-0.25, -0.2) is 0 Å². The van der Waals surface area contributed by atoms with Crippen LogP contribution >= 0.6 is 0 Å². The molecule has 0 spiro atoms. The van der Waals surface area contributed by atoms with Crippen molar-refractivity contribution in [3.8, 4) is 0 Å². The van der Waals surface area contributed by atoms with Crippen LogP contribution in [0.4, 0.5) is 0 Å². The van der Waals surface area contributed by atoms with E-state index in [-0.39, 0.29) is 16.9 Å². The maximum absolute atomic E-state index is 12.6. The molecule has 1 fully saturated rings. The molecule has 1 aromatic carbocycles. The molecule has 0 saturated carbocycles. The number of pyridine rings is 1. The largest absolute Gasteiger partial charge is 0.388 e. The van der Waals surface area contributed by atoms with Crippen molar-refractivity contribution < 1.29 is 14.6 Å². The second-order valence-corrected chi connectivity index (χ2v) is 7.16. The topological polar surface area (TPSA) is 68.5 Å². The van der Waals surface area contributed by atoms with Gasteiger partial charge in [0.2, 0.25) is 0 Å². The molecule has 0 bridgehead atoms. The Kier molecular flexibility index (Phi) is 5.39. The van der Waals surface area contributed by atoms with Crippen LogP contribution in [0.5, 0.6) is 0 Å². The Balaban J connectivity index is 1.82. The molecule has 2 aromatic rings. The Labute approximate surface area is 153 Å². The van der Waals surface area contributed by atoms with E-state index in [1.54, 1.807) is 34.9 Å². The Bertz CT molecular complexity index is 830. The van der Waals surface area contributed by atoms with Crippen LogP contribution in [0.1, 0.15) is 48.2 Å². The molecule has 1 aliphatic rings. The second-order valence-electron chi connectivity index (χ2n) is 7.16. The normalized spacial score (nSPS) is 19.8. The first-order valence-corrected chi connectivity index (χ1v) is 9.04. The number of benzene rings is 1. The molecule has 3 rings (SSSR count). The molecule has 26 heavy (non-hydrogen) atoms. The zero-order chi connectivity index (χ0) is 18.7. The number of Topliss-reactive ketones (excluding diaryl/α,β-unsaturated/α-hetero) is 1. The molecular formula is C21H25NO4. The average molecular weight is 355 g/mol. The molecule has 1 unspecified atom stereocenters. The van der Waals surface area contributed by atoms with Crippen LogP contribution in [-0.4, -0.2) is 28.7 Å². The molecule has 1 N–H and O–H groups in total. The van der Waals surface area contributed by atoms with E-state index in [9.17, 15) is 9.59 Å². The van der Waals surface area contributed by atoms with E-state index in [2.05, 4.69) is 13.8 Å². The highest BCUT2D eigenvalue weighted by Gasteiger charge is 2.40. The first kappa shape index (κ1) is 18.5. The standard InChI is InChI=1S/C21H25NO4/c1-15(2)21(9-3-11-26-21)18-8-10-22(20(25)12-18)13-16-4-6-17(7-5-16)19(24)14-23/h4-8,10,12,15,23H,3,9,11,13-14H2,1-2H3. The molecule has 0 aliphatic carbocycles. The lowest BCUT2D eigenvalue weighted by Gasteiger charge is -2.33. The van der Waals surface area contributed by atoms with Crippen LogP contribution < -0.4 is 5.56 Å². The summed E-state index contributed by atoms with van der Waals surface area (Å²) in [5.74, 6) is -0.00882. The summed E-state index contributed by atoms with van der Waals surface area (Å²) >= 11 is 0. The number of aliphatic hydroxyl groups excluding tert-OH is 1. The maximum Gasteiger partial charge on any atom is 0.251 e. The predicted molar refractivity (Wildman–Crippen MR) is 99.4 cm³/mol. The molecule has 2 heterocycles. The van der Waals surface area contributed by atoms with E-state index < -0.39 is 6.61 Å². The summed E-state index contributed by atoms with van der Waals surface area (Å²) < 4.78 is 7.70. The molecule has 1 aromatic heterocycles. The smallest absolute Gasteiger partial charge is 0.251 e. The number of rotatable bonds is 6. The zero-order valence-electron chi connectivity index (χ0n) is 15.3. The molecule has 1 saturated heterocycles. The van der Waals surface area contributed by atoms with Crippen molar-refractivity contribution in [3.05, 3.63) is 69.6 Å². The molecule has 1 aliphatic heterocycles. The molecule has 5 nitrogen and oxygen atoms in total. The lowest BCUT2D eigenvalue weighted by Crippen LogP contribution is -2.33. The first-order chi connectivity index (χ1) is 12.5. The minimum absolute atomic E-state index is 0.0615. The highest BCUT2D eigenvalue weighted by Crippen LogP contribution is 2.41. The summed E-state index contributed by atoms with van der Waals surface area (Å²) in [6.07, 6.45) is 3.77. The number of ketones is 1. The summed E-state index contributed by atoms with van der Waals surface area (Å²) in [6, 6.07) is 10.6. The molecule has 5 heteroatoms. The molecule has 0 radical (unpaired) electrons. The molecule has 0 amide bonds. The maximum atomic E-state index is 12.6. The SMILES string of the molecule is CC(C)C1(c2ccn(Cc3ccc(C(=O)CO)cc3)c(=O)c2)CCCO1. The number of aromatic nitrogens is 1. The Morgan fingerprint density at radius 1 is 1.27 bits per heavy atom. The minimum Gasteiger partial charge on any atom is -0.388 e. The highest BCUT2D eigenvalue weighted by atomic mass is 16.5. The predicted octanol–water partition coefficient (Wildman–Crippen LogP) is 2.73. The van der Waals surface area contributed by atoms with Crippen LogP contribution in [0.15, 0.2) is 47.4 Å². The van der Waals surface area contributed by atoms with Gasteiger partial charge in [-0.05, 0) is 36.0 Å². The van der Waals surface area contributed by atoms with Crippen LogP contribution in [0, 0.1) is 5.92 Å². The lowest BCUT2D eigenvalue weighted by atomic mass is 9.81. The fraction of sp³-hybridized carbons (Fsp3) is 0.429. The third-order valence-corrected chi connectivity index (χ3v) is 5.24. The van der Waals surface area contributed by atoms with Gasteiger partial charge in [-0.3, -0.25) is 9.59 Å². The van der Waals surface area contributed by atoms with Gasteiger partial charge in [0.1, 0.15) is 6.61 Å². The average Bonchev–Trinajstić information content (AvgIpc) is 3.14. The van der Waals surface area contributed by atoms with Crippen molar-refractivity contribution in [2.75, 3.05) is 13.2 Å². The number of ether oxygens (including phenoxy) is 1. The zero-order valence-corrected chi connectivity index (χ0v) is 15.3. The molecule has 1 atom stereocenters. The Morgan fingerprint density at radius 2 is 2.00 bits per heavy atom. The van der Waals surface area contributed by atoms with Gasteiger partial charge in [-0.2, -0.15) is 0 Å². The second kappa shape index (κ2) is 7.56. The number of aliphatic hydroxyl groups is 1. The van der Waals surface area contributed by atoms with Gasteiger partial charge in [0.15, 0.2) is 5.78 Å². The number of carbonyl (C=O) groups is 1. The summed E-state index contributed by atoms with van der Waals surface area (Å²) in [4.78, 5) is 24.1. The molecular weight excluding hydrogens is 330 g/mol. The van der Waals surface area contributed by atoms with Crippen LogP contribution in [0.25, 0.3) is 0 Å². The quantitative estimate of drug-likeness (QED) is 0.809. The van der Waals surface area contributed by atoms with E-state index in [0.717, 1.165) is 30.6 Å². The van der Waals surface area contributed by atoms with Gasteiger partial charge < -0.3 is 14.4 Å². The summed E-state index contributed by atoms with van der Waals surface area (Å²) in [6.45, 7) is 4.93. The van der Waals surface area contributed by atoms with Crippen molar-refractivity contribution in [3.63, 3.8) is 0 Å². The lowest BCUT2D eigenvalue weighted by molar-refractivity contribution is -0.0384. The Hall–Kier alpha value is -2.24. The fourth-order valence-corrected chi connectivity index (χ4v) is 3.66. The van der Waals surface area contributed by atoms with E-state index >= 15 is 0 Å². The van der Waals surface area contributed by atoms with E-state index in [4.69, 9.17) is 9.84 Å². The highest BCUT2D eigenvalue weighted by molar-refractivity contribution is 5.96. The van der Waals surface area contributed by atoms with Crippen molar-refractivity contribution >= 4 is 5.78 Å². The molecule has 138 valence electrons. The minimum atomic E-state index is -0.500. The summed E-state index contributed by atoms with van der Waals surface area (Å²) in [7, 11) is 0. The van der Waals surface area contributed by atoms with Crippen molar-refractivity contribution in [1.29, 1.82) is 0 Å². The Morgan fingerprint density at radius 3 is 2.54 bits per heavy atom. The number of hydrogen-bond donors (Lipinski definition) is 1. The number of carbonyl (C=O) groups excluding carboxylic acids is 1. The number of nitrogens with zero attached hydrogens (tertiary/aromatic N) is 1. The van der Waals surface area contributed by atoms with E-state index in [1.807, 2.05) is 12.3 Å². The van der Waals surface area contributed by atoms with Gasteiger partial charge in [0.25, 0.3) is 5.56 Å². The van der Waals surface area contributed by atoms with Gasteiger partial charge >= 0.3 is 0 Å². The van der Waals surface area contributed by atoms with Crippen molar-refractivity contribution in [2.24, 2.45) is 5.92 Å². The van der Waals surface area contributed by atoms with Gasteiger partial charge in [-0.1, -0.05) is 38.1 Å². The fourth-order valence-electron chi connectivity index (χ4n) is 3.66. The van der Waals surface area contributed by atoms with Gasteiger partial charge in [-0.15, -0.1) is 0 Å². The van der Waals surface area contributed by atoms with Crippen LogP contribution in [-0.2, 0) is 16.9 Å².